The fourth-order valence-corrected chi connectivity index (χ4v) is 1.47. The maximum atomic E-state index is 10.4. The van der Waals surface area contributed by atoms with Gasteiger partial charge in [-0.1, -0.05) is 0 Å². The van der Waals surface area contributed by atoms with E-state index in [-0.39, 0.29) is 18.6 Å². The van der Waals surface area contributed by atoms with Gasteiger partial charge >= 0.3 is 5.97 Å². The van der Waals surface area contributed by atoms with Crippen molar-refractivity contribution in [2.45, 2.75) is 5.50 Å². The third-order valence-corrected chi connectivity index (χ3v) is 2.15. The smallest absolute Gasteiger partial charge is 0.317 e. The molecular weight excluding hydrogens is 194 g/mol. The molecule has 0 aromatic carbocycles. The van der Waals surface area contributed by atoms with Crippen molar-refractivity contribution in [1.82, 2.24) is 15.3 Å². The van der Waals surface area contributed by atoms with Crippen LogP contribution in [0.5, 0.6) is 0 Å². The minimum Gasteiger partial charge on any atom is -0.480 e. The molecule has 7 heteroatoms. The van der Waals surface area contributed by atoms with Gasteiger partial charge in [-0.15, -0.1) is 12.6 Å². The van der Waals surface area contributed by atoms with Gasteiger partial charge in [-0.2, -0.15) is 0 Å². The van der Waals surface area contributed by atoms with E-state index in [1.807, 2.05) is 0 Å². The third-order valence-electron chi connectivity index (χ3n) is 1.70. The number of aliphatic hydroxyl groups is 1. The van der Waals surface area contributed by atoms with Gasteiger partial charge in [0.1, 0.15) is 5.50 Å². The summed E-state index contributed by atoms with van der Waals surface area (Å²) in [6.45, 7) is 0.908. The quantitative estimate of drug-likeness (QED) is 0.414. The molecule has 1 fully saturated rings. The first-order valence-corrected chi connectivity index (χ1v) is 4.41. The van der Waals surface area contributed by atoms with Gasteiger partial charge in [-0.25, -0.2) is 10.4 Å². The second kappa shape index (κ2) is 4.77. The van der Waals surface area contributed by atoms with E-state index < -0.39 is 5.97 Å². The normalized spacial score (nSPS) is 25.2. The Morgan fingerprint density at radius 1 is 1.69 bits per heavy atom. The van der Waals surface area contributed by atoms with Gasteiger partial charge in [0.15, 0.2) is 0 Å². The molecule has 6 nitrogen and oxygen atoms in total. The van der Waals surface area contributed by atoms with Crippen LogP contribution in [0.4, 0.5) is 0 Å². The number of thiol groups is 1. The predicted molar refractivity (Wildman–Crippen MR) is 48.9 cm³/mol. The number of nitrogens with zero attached hydrogens (tertiary/aromatic N) is 2. The van der Waals surface area contributed by atoms with Gasteiger partial charge in [0.05, 0.1) is 19.8 Å². The van der Waals surface area contributed by atoms with E-state index >= 15 is 0 Å². The Kier molecular flexibility index (Phi) is 3.94. The fourth-order valence-electron chi connectivity index (χ4n) is 1.15. The lowest BCUT2D eigenvalue weighted by atomic mass is 10.6. The van der Waals surface area contributed by atoms with Gasteiger partial charge in [0.2, 0.25) is 0 Å². The van der Waals surface area contributed by atoms with Crippen LogP contribution in [0, 0.1) is 0 Å². The second-order valence-electron chi connectivity index (χ2n) is 2.77. The fraction of sp³-hybridized carbons (Fsp3) is 0.833. The molecule has 0 saturated carbocycles. The molecular formula is C6H13N3O3S. The number of rotatable bonds is 4. The molecule has 1 aliphatic rings. The zero-order valence-corrected chi connectivity index (χ0v) is 7.94. The molecule has 1 rings (SSSR count). The number of aliphatic hydroxyl groups excluding tert-OH is 1. The first-order valence-electron chi connectivity index (χ1n) is 3.89. The third kappa shape index (κ3) is 3.12. The summed E-state index contributed by atoms with van der Waals surface area (Å²) in [5.41, 5.74) is 2.62. The molecule has 0 radical (unpaired) electrons. The van der Waals surface area contributed by atoms with Gasteiger partial charge < -0.3 is 10.2 Å². The van der Waals surface area contributed by atoms with Crippen molar-refractivity contribution < 1.29 is 15.0 Å². The van der Waals surface area contributed by atoms with E-state index in [2.05, 4.69) is 18.1 Å². The monoisotopic (exact) mass is 207 g/mol. The molecule has 0 aromatic rings. The van der Waals surface area contributed by atoms with E-state index in [1.165, 1.54) is 0 Å². The number of carboxylic acid groups (broad SMARTS) is 1. The molecule has 1 unspecified atom stereocenters. The molecule has 0 bridgehead atoms. The van der Waals surface area contributed by atoms with Crippen molar-refractivity contribution in [1.29, 1.82) is 0 Å². The largest absolute Gasteiger partial charge is 0.480 e. The van der Waals surface area contributed by atoms with Crippen molar-refractivity contribution in [2.24, 2.45) is 0 Å². The van der Waals surface area contributed by atoms with Crippen LogP contribution in [0.2, 0.25) is 0 Å². The highest BCUT2D eigenvalue weighted by Crippen LogP contribution is 2.09. The Balaban J connectivity index is 2.37. The van der Waals surface area contributed by atoms with Crippen molar-refractivity contribution in [3.05, 3.63) is 0 Å². The summed E-state index contributed by atoms with van der Waals surface area (Å²) >= 11 is 4.14. The van der Waals surface area contributed by atoms with Crippen LogP contribution in [-0.4, -0.2) is 58.0 Å². The number of carbonyl (C=O) groups is 1. The Bertz CT molecular complexity index is 192. The number of carboxylic acids is 1. The van der Waals surface area contributed by atoms with E-state index in [1.54, 1.807) is 9.91 Å². The number of hydrogen-bond donors (Lipinski definition) is 4. The molecule has 76 valence electrons. The van der Waals surface area contributed by atoms with Gasteiger partial charge in [0, 0.05) is 6.54 Å². The molecule has 1 heterocycles. The van der Waals surface area contributed by atoms with E-state index in [4.69, 9.17) is 10.2 Å². The summed E-state index contributed by atoms with van der Waals surface area (Å²) in [4.78, 5) is 12.0. The Labute approximate surface area is 81.5 Å². The Morgan fingerprint density at radius 2 is 2.38 bits per heavy atom. The zero-order valence-electron chi connectivity index (χ0n) is 7.05. The number of β-amino-alcohol motifs (C(OH)–C–C–N with tert-alkyl or cyclic N) is 1. The van der Waals surface area contributed by atoms with Crippen LogP contribution in [0.1, 0.15) is 0 Å². The van der Waals surface area contributed by atoms with Crippen molar-refractivity contribution >= 4 is 18.6 Å². The average Bonchev–Trinajstić information content (AvgIpc) is 2.31. The van der Waals surface area contributed by atoms with Gasteiger partial charge in [0.25, 0.3) is 0 Å². The highest BCUT2D eigenvalue weighted by atomic mass is 32.1. The summed E-state index contributed by atoms with van der Waals surface area (Å²) in [6.07, 6.45) is 0. The Hall–Kier alpha value is -0.340. The lowest BCUT2D eigenvalue weighted by Crippen LogP contribution is -2.36. The number of nitrogens with one attached hydrogen (secondary N) is 1. The highest BCUT2D eigenvalue weighted by molar-refractivity contribution is 7.80. The van der Waals surface area contributed by atoms with Gasteiger partial charge in [-0.3, -0.25) is 9.69 Å². The molecule has 1 saturated heterocycles. The van der Waals surface area contributed by atoms with E-state index in [0.717, 1.165) is 0 Å². The predicted octanol–water partition coefficient (Wildman–Crippen LogP) is -1.64. The molecule has 13 heavy (non-hydrogen) atoms. The molecule has 0 amide bonds. The molecule has 0 aromatic heterocycles. The lowest BCUT2D eigenvalue weighted by Gasteiger charge is -2.14. The SMILES string of the molecule is O=C(O)CN1CN(CCO)NC1S. The molecule has 1 aliphatic heterocycles. The van der Waals surface area contributed by atoms with Crippen molar-refractivity contribution in [2.75, 3.05) is 26.4 Å². The van der Waals surface area contributed by atoms with Crippen LogP contribution in [0.3, 0.4) is 0 Å². The summed E-state index contributed by atoms with van der Waals surface area (Å²) in [6, 6.07) is 0. The Morgan fingerprint density at radius 3 is 2.92 bits per heavy atom. The number of aliphatic carboxylic acids is 1. The minimum atomic E-state index is -0.883. The van der Waals surface area contributed by atoms with Gasteiger partial charge in [-0.05, 0) is 0 Å². The first-order chi connectivity index (χ1) is 6.13. The van der Waals surface area contributed by atoms with E-state index in [9.17, 15) is 4.79 Å². The molecule has 3 N–H and O–H groups in total. The van der Waals surface area contributed by atoms with Crippen LogP contribution >= 0.6 is 12.6 Å². The number of hydrazine groups is 1. The highest BCUT2D eigenvalue weighted by Gasteiger charge is 2.27. The summed E-state index contributed by atoms with van der Waals surface area (Å²) in [5, 5.41) is 18.9. The van der Waals surface area contributed by atoms with Crippen molar-refractivity contribution in [3.63, 3.8) is 0 Å². The van der Waals surface area contributed by atoms with Crippen molar-refractivity contribution in [3.8, 4) is 0 Å². The minimum absolute atomic E-state index is 0.0361. The van der Waals surface area contributed by atoms with Crippen LogP contribution in [0.15, 0.2) is 0 Å². The maximum Gasteiger partial charge on any atom is 0.317 e. The first kappa shape index (κ1) is 10.7. The van der Waals surface area contributed by atoms with Crippen LogP contribution in [-0.2, 0) is 4.79 Å². The maximum absolute atomic E-state index is 10.4. The standard InChI is InChI=1S/C6H13N3O3S/c10-2-1-9-4-8(3-5(11)12)6(13)7-9/h6-7,10,13H,1-4H2,(H,11,12). The lowest BCUT2D eigenvalue weighted by molar-refractivity contribution is -0.138. The zero-order chi connectivity index (χ0) is 9.84. The molecule has 0 aliphatic carbocycles. The molecule has 1 atom stereocenters. The summed E-state index contributed by atoms with van der Waals surface area (Å²) in [7, 11) is 0. The summed E-state index contributed by atoms with van der Waals surface area (Å²) < 4.78 is 0. The molecule has 0 spiro atoms. The van der Waals surface area contributed by atoms with Crippen LogP contribution in [0.25, 0.3) is 0 Å². The van der Waals surface area contributed by atoms with Crippen LogP contribution < -0.4 is 5.43 Å². The summed E-state index contributed by atoms with van der Waals surface area (Å²) in [5.74, 6) is -0.883. The second-order valence-corrected chi connectivity index (χ2v) is 3.26. The van der Waals surface area contributed by atoms with E-state index in [0.29, 0.717) is 13.2 Å². The average molecular weight is 207 g/mol. The topological polar surface area (TPSA) is 76.0 Å². The number of hydrogen-bond acceptors (Lipinski definition) is 6.